The maximum Gasteiger partial charge on any atom is 0.460 e. The van der Waals surface area contributed by atoms with E-state index in [2.05, 4.69) is 0 Å². The molecule has 0 saturated heterocycles. The van der Waals surface area contributed by atoms with Crippen molar-refractivity contribution in [2.24, 2.45) is 0 Å². The molecule has 14 heteroatoms. The second-order valence-electron chi connectivity index (χ2n) is 5.72. The third-order valence-electron chi connectivity index (χ3n) is 3.48. The Hall–Kier alpha value is -2.90. The first-order valence-corrected chi connectivity index (χ1v) is 8.65. The number of imide groups is 1. The lowest BCUT2D eigenvalue weighted by Gasteiger charge is -2.27. The average Bonchev–Trinajstić information content (AvgIpc) is 2.60. The molecular formula is C17H9F9N2O2S. The lowest BCUT2D eigenvalue weighted by atomic mass is 10.2. The van der Waals surface area contributed by atoms with E-state index >= 15 is 0 Å². The van der Waals surface area contributed by atoms with Crippen molar-refractivity contribution >= 4 is 29.4 Å². The summed E-state index contributed by atoms with van der Waals surface area (Å²) in [4.78, 5) is 22.8. The normalized spacial score (nSPS) is 12.4. The van der Waals surface area contributed by atoms with Crippen molar-refractivity contribution in [3.8, 4) is 0 Å². The van der Waals surface area contributed by atoms with E-state index in [4.69, 9.17) is 0 Å². The van der Waals surface area contributed by atoms with Gasteiger partial charge < -0.3 is 5.32 Å². The van der Waals surface area contributed by atoms with Crippen molar-refractivity contribution < 1.29 is 49.1 Å². The first-order chi connectivity index (χ1) is 14.2. The van der Waals surface area contributed by atoms with Crippen LogP contribution in [0.15, 0.2) is 47.4 Å². The minimum Gasteiger partial charge on any atom is -0.308 e. The zero-order valence-corrected chi connectivity index (χ0v) is 15.5. The zero-order valence-electron chi connectivity index (χ0n) is 14.7. The van der Waals surface area contributed by atoms with E-state index in [9.17, 15) is 49.1 Å². The van der Waals surface area contributed by atoms with Crippen LogP contribution in [0, 0.1) is 11.6 Å². The Kier molecular flexibility index (Phi) is 6.83. The molecule has 31 heavy (non-hydrogen) atoms. The monoisotopic (exact) mass is 476 g/mol. The van der Waals surface area contributed by atoms with E-state index in [1.165, 1.54) is 0 Å². The lowest BCUT2D eigenvalue weighted by Crippen LogP contribution is -2.49. The Morgan fingerprint density at radius 2 is 1.39 bits per heavy atom. The van der Waals surface area contributed by atoms with Gasteiger partial charge >= 0.3 is 23.4 Å². The number of benzene rings is 2. The van der Waals surface area contributed by atoms with E-state index in [1.54, 1.807) is 5.32 Å². The Labute approximate surface area is 171 Å². The third kappa shape index (κ3) is 5.42. The molecule has 0 aliphatic carbocycles. The van der Waals surface area contributed by atoms with Gasteiger partial charge in [-0.2, -0.15) is 30.7 Å². The number of carbonyl (C=O) groups excluding carboxylic acids is 2. The number of carbonyl (C=O) groups is 2. The predicted molar refractivity (Wildman–Crippen MR) is 91.1 cm³/mol. The first-order valence-electron chi connectivity index (χ1n) is 7.83. The number of rotatable bonds is 5. The van der Waals surface area contributed by atoms with Crippen molar-refractivity contribution in [1.29, 1.82) is 0 Å². The second-order valence-corrected chi connectivity index (χ2v) is 6.91. The van der Waals surface area contributed by atoms with Crippen molar-refractivity contribution in [1.82, 2.24) is 5.32 Å². The Bertz CT molecular complexity index is 976. The minimum atomic E-state index is -6.51. The summed E-state index contributed by atoms with van der Waals surface area (Å²) < 4.78 is 117. The van der Waals surface area contributed by atoms with Crippen LogP contribution in [-0.4, -0.2) is 29.3 Å². The number of nitrogens with one attached hydrogen (secondary N) is 2. The Morgan fingerprint density at radius 1 is 0.839 bits per heavy atom. The van der Waals surface area contributed by atoms with Crippen molar-refractivity contribution in [2.45, 2.75) is 22.2 Å². The van der Waals surface area contributed by atoms with Crippen LogP contribution in [0.2, 0.25) is 0 Å². The van der Waals surface area contributed by atoms with E-state index in [1.807, 2.05) is 5.32 Å². The number of amides is 3. The topological polar surface area (TPSA) is 58.2 Å². The molecule has 0 atom stereocenters. The van der Waals surface area contributed by atoms with Crippen LogP contribution >= 0.6 is 11.8 Å². The molecule has 0 fully saturated rings. The number of halogens is 9. The van der Waals surface area contributed by atoms with E-state index < -0.39 is 68.8 Å². The van der Waals surface area contributed by atoms with Crippen LogP contribution in [0.4, 0.5) is 50.0 Å². The maximum absolute atomic E-state index is 13.5. The summed E-state index contributed by atoms with van der Waals surface area (Å²) in [5.74, 6) is -10.4. The number of hydrogen-bond acceptors (Lipinski definition) is 3. The van der Waals surface area contributed by atoms with Crippen molar-refractivity contribution in [3.05, 3.63) is 59.7 Å². The van der Waals surface area contributed by atoms with Gasteiger partial charge in [-0.15, -0.1) is 0 Å². The fraction of sp³-hybridized carbons (Fsp3) is 0.176. The fourth-order valence-corrected chi connectivity index (χ4v) is 2.93. The number of alkyl halides is 7. The predicted octanol–water partition coefficient (Wildman–Crippen LogP) is 5.81. The van der Waals surface area contributed by atoms with Crippen molar-refractivity contribution in [3.63, 3.8) is 0 Å². The Balaban J connectivity index is 2.12. The quantitative estimate of drug-likeness (QED) is 0.423. The van der Waals surface area contributed by atoms with E-state index in [0.29, 0.717) is 6.07 Å². The summed E-state index contributed by atoms with van der Waals surface area (Å²) in [5, 5.41) is -2.14. The molecule has 2 N–H and O–H groups in total. The highest BCUT2D eigenvalue weighted by Gasteiger charge is 2.73. The fourth-order valence-electron chi connectivity index (χ4n) is 2.06. The molecule has 4 nitrogen and oxygen atoms in total. The van der Waals surface area contributed by atoms with E-state index in [0.717, 1.165) is 36.4 Å². The van der Waals surface area contributed by atoms with Gasteiger partial charge in [0.15, 0.2) is 0 Å². The summed E-state index contributed by atoms with van der Waals surface area (Å²) in [5.41, 5.74) is -1.48. The van der Waals surface area contributed by atoms with Crippen LogP contribution in [-0.2, 0) is 0 Å². The van der Waals surface area contributed by atoms with Crippen LogP contribution in [0.1, 0.15) is 10.4 Å². The SMILES string of the molecule is O=C(NC(=O)c1c(F)cccc1F)Nc1cccc(SC(F)(F)C(F)(F)C(F)(F)F)c1. The molecule has 0 spiro atoms. The highest BCUT2D eigenvalue weighted by molar-refractivity contribution is 8.00. The van der Waals surface area contributed by atoms with Gasteiger partial charge in [-0.1, -0.05) is 12.1 Å². The minimum absolute atomic E-state index is 0.393. The van der Waals surface area contributed by atoms with Gasteiger partial charge in [0.05, 0.1) is 0 Å². The molecule has 0 saturated carbocycles. The molecule has 2 aromatic carbocycles. The molecule has 0 aliphatic rings. The summed E-state index contributed by atoms with van der Waals surface area (Å²) in [6.07, 6.45) is -6.51. The molecular weight excluding hydrogens is 467 g/mol. The number of thioether (sulfide) groups is 1. The third-order valence-corrected chi connectivity index (χ3v) is 4.48. The van der Waals surface area contributed by atoms with Gasteiger partial charge in [-0.05, 0) is 42.1 Å². The number of urea groups is 1. The second kappa shape index (κ2) is 8.69. The molecule has 0 unspecified atom stereocenters. The summed E-state index contributed by atoms with van der Waals surface area (Å²) in [6.45, 7) is 0. The molecule has 0 aliphatic heterocycles. The molecule has 2 rings (SSSR count). The molecule has 2 aromatic rings. The van der Waals surface area contributed by atoms with Crippen LogP contribution in [0.25, 0.3) is 0 Å². The summed E-state index contributed by atoms with van der Waals surface area (Å²) >= 11 is -1.11. The van der Waals surface area contributed by atoms with Gasteiger partial charge in [0.1, 0.15) is 17.2 Å². The molecule has 0 radical (unpaired) electrons. The summed E-state index contributed by atoms with van der Waals surface area (Å²) in [7, 11) is 0. The standard InChI is InChI=1S/C17H9F9N2O2S/c18-10-5-2-6-11(19)12(10)13(29)28-14(30)27-8-3-1-4-9(7-8)31-17(25,26)15(20,21)16(22,23)24/h1-7H,(H2,27,28,29,30). The molecule has 3 amide bonds. The van der Waals surface area contributed by atoms with Crippen LogP contribution < -0.4 is 10.6 Å². The lowest BCUT2D eigenvalue weighted by molar-refractivity contribution is -0.330. The molecule has 0 heterocycles. The maximum atomic E-state index is 13.5. The smallest absolute Gasteiger partial charge is 0.308 e. The highest BCUT2D eigenvalue weighted by Crippen LogP contribution is 2.53. The van der Waals surface area contributed by atoms with E-state index in [-0.39, 0.29) is 0 Å². The van der Waals surface area contributed by atoms with Crippen LogP contribution in [0.5, 0.6) is 0 Å². The van der Waals surface area contributed by atoms with Gasteiger partial charge in [0.2, 0.25) is 0 Å². The van der Waals surface area contributed by atoms with Gasteiger partial charge in [0, 0.05) is 10.6 Å². The molecule has 168 valence electrons. The highest BCUT2D eigenvalue weighted by atomic mass is 32.2. The number of anilines is 1. The van der Waals surface area contributed by atoms with Gasteiger partial charge in [-0.3, -0.25) is 10.1 Å². The Morgan fingerprint density at radius 3 is 1.94 bits per heavy atom. The number of hydrogen-bond donors (Lipinski definition) is 2. The van der Waals surface area contributed by atoms with Crippen LogP contribution in [0.3, 0.4) is 0 Å². The zero-order chi connectivity index (χ0) is 23.6. The first kappa shape index (κ1) is 24.4. The molecule has 0 bridgehead atoms. The van der Waals surface area contributed by atoms with Gasteiger partial charge in [0.25, 0.3) is 5.91 Å². The van der Waals surface area contributed by atoms with Gasteiger partial charge in [-0.25, -0.2) is 13.6 Å². The molecule has 0 aromatic heterocycles. The average molecular weight is 476 g/mol. The van der Waals surface area contributed by atoms with Crippen molar-refractivity contribution in [2.75, 3.05) is 5.32 Å². The largest absolute Gasteiger partial charge is 0.460 e. The summed E-state index contributed by atoms with van der Waals surface area (Å²) in [6, 6.07) is 4.43.